The average Bonchev–Trinajstić information content (AvgIpc) is 2.27. The number of carbonyl (C=O) groups is 1. The van der Waals surface area contributed by atoms with E-state index in [1.165, 1.54) is 0 Å². The minimum atomic E-state index is -1.00. The van der Waals surface area contributed by atoms with Crippen molar-refractivity contribution in [3.63, 3.8) is 0 Å². The van der Waals surface area contributed by atoms with Crippen LogP contribution in [0.3, 0.4) is 0 Å². The number of anilines is 3. The van der Waals surface area contributed by atoms with E-state index in [0.717, 1.165) is 5.69 Å². The molecule has 1 rings (SSSR count). The zero-order valence-corrected chi connectivity index (χ0v) is 9.81. The summed E-state index contributed by atoms with van der Waals surface area (Å²) in [5.41, 5.74) is 13.5. The highest BCUT2D eigenvalue weighted by Gasteiger charge is 2.06. The fourth-order valence-corrected chi connectivity index (χ4v) is 1.54. The van der Waals surface area contributed by atoms with Crippen molar-refractivity contribution in [2.75, 3.05) is 36.5 Å². The van der Waals surface area contributed by atoms with Crippen LogP contribution in [-0.2, 0) is 0 Å². The fourth-order valence-electron chi connectivity index (χ4n) is 1.54. The molecule has 6 heteroatoms. The van der Waals surface area contributed by atoms with Crippen LogP contribution in [0, 0.1) is 0 Å². The largest absolute Gasteiger partial charge is 0.465 e. The van der Waals surface area contributed by atoms with Crippen LogP contribution in [-0.4, -0.2) is 31.3 Å². The molecule has 0 aliphatic carbocycles. The Hall–Kier alpha value is -2.11. The zero-order chi connectivity index (χ0) is 12.8. The molecule has 0 fully saturated rings. The van der Waals surface area contributed by atoms with Crippen LogP contribution in [0.1, 0.15) is 6.42 Å². The van der Waals surface area contributed by atoms with Crippen LogP contribution in [0.2, 0.25) is 0 Å². The second-order valence-electron chi connectivity index (χ2n) is 3.79. The summed E-state index contributed by atoms with van der Waals surface area (Å²) in [5, 5.41) is 10.7. The normalized spacial score (nSPS) is 9.94. The summed E-state index contributed by atoms with van der Waals surface area (Å²) < 4.78 is 0. The van der Waals surface area contributed by atoms with Crippen molar-refractivity contribution in [1.29, 1.82) is 0 Å². The van der Waals surface area contributed by atoms with Crippen molar-refractivity contribution in [2.45, 2.75) is 6.42 Å². The predicted molar refractivity (Wildman–Crippen MR) is 69.2 cm³/mol. The highest BCUT2D eigenvalue weighted by molar-refractivity contribution is 5.79. The first-order valence-corrected chi connectivity index (χ1v) is 5.34. The molecule has 0 radical (unpaired) electrons. The summed E-state index contributed by atoms with van der Waals surface area (Å²) in [7, 11) is 1.89. The van der Waals surface area contributed by atoms with E-state index in [2.05, 4.69) is 5.32 Å². The van der Waals surface area contributed by atoms with Crippen LogP contribution in [0.5, 0.6) is 0 Å². The number of amides is 1. The molecule has 1 aromatic carbocycles. The second kappa shape index (κ2) is 5.83. The lowest BCUT2D eigenvalue weighted by molar-refractivity contribution is 0.194. The number of benzene rings is 1. The summed E-state index contributed by atoms with van der Waals surface area (Å²) in [6.07, 6.45) is -0.298. The topological polar surface area (TPSA) is 105 Å². The predicted octanol–water partition coefficient (Wildman–Crippen LogP) is 0.945. The van der Waals surface area contributed by atoms with Crippen molar-refractivity contribution < 1.29 is 9.90 Å². The standard InChI is InChI=1S/C11H18N4O2/c1-15(7-3-6-14-11(16)17)9-5-2-4-8(12)10(9)13/h2,4-5,14H,3,6-7,12-13H2,1H3,(H,16,17). The van der Waals surface area contributed by atoms with Crippen molar-refractivity contribution in [1.82, 2.24) is 5.32 Å². The van der Waals surface area contributed by atoms with Crippen LogP contribution in [0.25, 0.3) is 0 Å². The Morgan fingerprint density at radius 3 is 2.82 bits per heavy atom. The van der Waals surface area contributed by atoms with Crippen LogP contribution in [0.4, 0.5) is 21.9 Å². The molecule has 1 amide bonds. The lowest BCUT2D eigenvalue weighted by Gasteiger charge is -2.21. The molecule has 0 aliphatic heterocycles. The van der Waals surface area contributed by atoms with Gasteiger partial charge >= 0.3 is 6.09 Å². The number of nitrogens with zero attached hydrogens (tertiary/aromatic N) is 1. The van der Waals surface area contributed by atoms with Gasteiger partial charge in [0.1, 0.15) is 0 Å². The molecule has 6 nitrogen and oxygen atoms in total. The number of nitrogens with one attached hydrogen (secondary N) is 1. The number of hydrogen-bond donors (Lipinski definition) is 4. The molecule has 0 unspecified atom stereocenters. The van der Waals surface area contributed by atoms with Crippen molar-refractivity contribution in [3.05, 3.63) is 18.2 Å². The Bertz CT molecular complexity index is 395. The van der Waals surface area contributed by atoms with E-state index in [1.54, 1.807) is 6.07 Å². The molecule has 6 N–H and O–H groups in total. The molecule has 0 atom stereocenters. The van der Waals surface area contributed by atoms with Gasteiger partial charge in [0.15, 0.2) is 0 Å². The molecule has 0 aliphatic rings. The highest BCUT2D eigenvalue weighted by atomic mass is 16.4. The van der Waals surface area contributed by atoms with Gasteiger partial charge in [-0.1, -0.05) is 6.07 Å². The third-order valence-corrected chi connectivity index (χ3v) is 2.47. The van der Waals surface area contributed by atoms with Crippen LogP contribution in [0.15, 0.2) is 18.2 Å². The third-order valence-electron chi connectivity index (χ3n) is 2.47. The van der Waals surface area contributed by atoms with E-state index in [-0.39, 0.29) is 0 Å². The lowest BCUT2D eigenvalue weighted by Crippen LogP contribution is -2.27. The Labute approximate surface area is 100 Å². The summed E-state index contributed by atoms with van der Waals surface area (Å²) >= 11 is 0. The SMILES string of the molecule is CN(CCCNC(=O)O)c1cccc(N)c1N. The van der Waals surface area contributed by atoms with E-state index < -0.39 is 6.09 Å². The van der Waals surface area contributed by atoms with E-state index in [4.69, 9.17) is 16.6 Å². The highest BCUT2D eigenvalue weighted by Crippen LogP contribution is 2.27. The van der Waals surface area contributed by atoms with Crippen LogP contribution >= 0.6 is 0 Å². The average molecular weight is 238 g/mol. The van der Waals surface area contributed by atoms with Gasteiger partial charge in [-0.05, 0) is 18.6 Å². The number of rotatable bonds is 5. The van der Waals surface area contributed by atoms with Gasteiger partial charge in [0.05, 0.1) is 17.1 Å². The van der Waals surface area contributed by atoms with Gasteiger partial charge in [-0.2, -0.15) is 0 Å². The maximum Gasteiger partial charge on any atom is 0.404 e. The number of nitrogens with two attached hydrogens (primary N) is 2. The maximum absolute atomic E-state index is 10.3. The first-order valence-electron chi connectivity index (χ1n) is 5.34. The van der Waals surface area contributed by atoms with E-state index in [1.807, 2.05) is 24.1 Å². The van der Waals surface area contributed by atoms with Gasteiger partial charge in [0.2, 0.25) is 0 Å². The van der Waals surface area contributed by atoms with Gasteiger partial charge in [0.25, 0.3) is 0 Å². The van der Waals surface area contributed by atoms with Gasteiger partial charge < -0.3 is 26.8 Å². The minimum Gasteiger partial charge on any atom is -0.465 e. The molecule has 17 heavy (non-hydrogen) atoms. The first kappa shape index (κ1) is 13.0. The minimum absolute atomic E-state index is 0.419. The molecule has 0 heterocycles. The molecular formula is C11H18N4O2. The Balaban J connectivity index is 2.49. The van der Waals surface area contributed by atoms with Crippen LogP contribution < -0.4 is 21.7 Å². The Morgan fingerprint density at radius 2 is 2.18 bits per heavy atom. The summed E-state index contributed by atoms with van der Waals surface area (Å²) in [5.74, 6) is 0. The zero-order valence-electron chi connectivity index (χ0n) is 9.81. The van der Waals surface area contributed by atoms with E-state index in [0.29, 0.717) is 30.9 Å². The fraction of sp³-hybridized carbons (Fsp3) is 0.364. The monoisotopic (exact) mass is 238 g/mol. The molecule has 0 spiro atoms. The second-order valence-corrected chi connectivity index (χ2v) is 3.79. The Kier molecular flexibility index (Phi) is 4.45. The number of hydrogen-bond acceptors (Lipinski definition) is 4. The summed E-state index contributed by atoms with van der Waals surface area (Å²) in [4.78, 5) is 12.2. The third kappa shape index (κ3) is 3.75. The quantitative estimate of drug-likeness (QED) is 0.451. The molecular weight excluding hydrogens is 220 g/mol. The van der Waals surface area contributed by atoms with Crippen molar-refractivity contribution in [3.8, 4) is 0 Å². The molecule has 1 aromatic rings. The number of para-hydroxylation sites is 1. The smallest absolute Gasteiger partial charge is 0.404 e. The summed E-state index contributed by atoms with van der Waals surface area (Å²) in [6.45, 7) is 1.12. The van der Waals surface area contributed by atoms with E-state index >= 15 is 0 Å². The number of nitrogen functional groups attached to an aromatic ring is 2. The number of carboxylic acid groups (broad SMARTS) is 1. The first-order chi connectivity index (χ1) is 8.02. The molecule has 94 valence electrons. The molecule has 0 saturated heterocycles. The molecule has 0 aromatic heterocycles. The summed E-state index contributed by atoms with van der Waals surface area (Å²) in [6, 6.07) is 5.47. The molecule has 0 bridgehead atoms. The van der Waals surface area contributed by atoms with Gasteiger partial charge in [-0.3, -0.25) is 0 Å². The van der Waals surface area contributed by atoms with Gasteiger partial charge in [-0.15, -0.1) is 0 Å². The van der Waals surface area contributed by atoms with Gasteiger partial charge in [0, 0.05) is 20.1 Å². The maximum atomic E-state index is 10.3. The van der Waals surface area contributed by atoms with Crippen molar-refractivity contribution >= 4 is 23.2 Å². The van der Waals surface area contributed by atoms with E-state index in [9.17, 15) is 4.79 Å². The van der Waals surface area contributed by atoms with Crippen molar-refractivity contribution in [2.24, 2.45) is 0 Å². The lowest BCUT2D eigenvalue weighted by atomic mass is 10.2. The van der Waals surface area contributed by atoms with Gasteiger partial charge in [-0.25, -0.2) is 4.79 Å². The molecule has 0 saturated carbocycles. The Morgan fingerprint density at radius 1 is 1.47 bits per heavy atom.